The molecule has 0 radical (unpaired) electrons. The van der Waals surface area contributed by atoms with Gasteiger partial charge in [-0.3, -0.25) is 0 Å². The predicted octanol–water partition coefficient (Wildman–Crippen LogP) is 1.38. The van der Waals surface area contributed by atoms with Crippen LogP contribution in [0.4, 0.5) is 0 Å². The molecule has 1 aromatic heterocycles. The van der Waals surface area contributed by atoms with Gasteiger partial charge in [0.2, 0.25) is 5.16 Å². The Balaban J connectivity index is 1.90. The van der Waals surface area contributed by atoms with Gasteiger partial charge in [-0.25, -0.2) is 13.4 Å². The molecule has 0 saturated carbocycles. The minimum absolute atomic E-state index is 0.180. The summed E-state index contributed by atoms with van der Waals surface area (Å²) in [6.45, 7) is 8.50. The lowest BCUT2D eigenvalue weighted by Crippen LogP contribution is -2.44. The van der Waals surface area contributed by atoms with E-state index in [4.69, 9.17) is 0 Å². The van der Waals surface area contributed by atoms with Crippen molar-refractivity contribution in [3.05, 3.63) is 24.3 Å². The molecule has 2 aromatic rings. The number of sulfonamides is 1. The molecule has 0 saturated heterocycles. The first kappa shape index (κ1) is 15.5. The first-order chi connectivity index (χ1) is 10.6. The summed E-state index contributed by atoms with van der Waals surface area (Å²) in [6, 6.07) is 7.58. The largest absolute Gasteiger partial charge is 0.312 e. The molecule has 0 fully saturated rings. The van der Waals surface area contributed by atoms with Gasteiger partial charge < -0.3 is 9.47 Å². The van der Waals surface area contributed by atoms with E-state index in [2.05, 4.69) is 23.7 Å². The Morgan fingerprint density at radius 3 is 2.64 bits per heavy atom. The summed E-state index contributed by atoms with van der Waals surface area (Å²) >= 11 is 0. The maximum Gasteiger partial charge on any atom is 0.277 e. The van der Waals surface area contributed by atoms with Crippen LogP contribution in [0.5, 0.6) is 0 Å². The van der Waals surface area contributed by atoms with Gasteiger partial charge in [-0.15, -0.1) is 0 Å². The van der Waals surface area contributed by atoms with Gasteiger partial charge in [-0.2, -0.15) is 4.31 Å². The fourth-order valence-electron chi connectivity index (χ4n) is 2.94. The molecule has 0 amide bonds. The Kier molecular flexibility index (Phi) is 4.20. The number of benzene rings is 1. The van der Waals surface area contributed by atoms with E-state index in [0.717, 1.165) is 30.7 Å². The molecule has 22 heavy (non-hydrogen) atoms. The Morgan fingerprint density at radius 2 is 1.91 bits per heavy atom. The van der Waals surface area contributed by atoms with Crippen LogP contribution in [0.3, 0.4) is 0 Å². The number of nitrogens with zero attached hydrogens (tertiary/aromatic N) is 4. The summed E-state index contributed by atoms with van der Waals surface area (Å²) in [7, 11) is -3.50. The highest BCUT2D eigenvalue weighted by Gasteiger charge is 2.34. The number of hydrogen-bond acceptors (Lipinski definition) is 4. The molecule has 0 spiro atoms. The van der Waals surface area contributed by atoms with Crippen molar-refractivity contribution in [1.82, 2.24) is 18.8 Å². The zero-order valence-electron chi connectivity index (χ0n) is 13.1. The molecule has 6 nitrogen and oxygen atoms in total. The van der Waals surface area contributed by atoms with Gasteiger partial charge in [0, 0.05) is 26.2 Å². The molecule has 3 rings (SSSR count). The highest BCUT2D eigenvalue weighted by Crippen LogP contribution is 2.25. The van der Waals surface area contributed by atoms with E-state index >= 15 is 0 Å². The van der Waals surface area contributed by atoms with Crippen LogP contribution in [0.25, 0.3) is 11.0 Å². The number of rotatable bonds is 5. The van der Waals surface area contributed by atoms with Crippen LogP contribution in [0, 0.1) is 0 Å². The summed E-state index contributed by atoms with van der Waals surface area (Å²) in [5.74, 6) is 0. The van der Waals surface area contributed by atoms with Gasteiger partial charge in [-0.05, 0) is 25.2 Å². The minimum Gasteiger partial charge on any atom is -0.312 e. The van der Waals surface area contributed by atoms with Crippen LogP contribution in [-0.2, 0) is 16.6 Å². The van der Waals surface area contributed by atoms with Gasteiger partial charge in [0.1, 0.15) is 0 Å². The first-order valence-electron chi connectivity index (χ1n) is 7.75. The average molecular weight is 322 g/mol. The second kappa shape index (κ2) is 5.98. The van der Waals surface area contributed by atoms with Crippen LogP contribution < -0.4 is 0 Å². The van der Waals surface area contributed by atoms with E-state index in [0.29, 0.717) is 19.6 Å². The Morgan fingerprint density at radius 1 is 1.18 bits per heavy atom. The maximum atomic E-state index is 12.8. The molecule has 0 N–H and O–H groups in total. The number of aromatic nitrogens is 2. The Labute approximate surface area is 131 Å². The van der Waals surface area contributed by atoms with Crippen molar-refractivity contribution >= 4 is 21.1 Å². The van der Waals surface area contributed by atoms with E-state index in [1.165, 1.54) is 0 Å². The zero-order chi connectivity index (χ0) is 15.7. The molecule has 0 atom stereocenters. The second-order valence-electron chi connectivity index (χ2n) is 5.47. The Bertz CT molecular complexity index is 765. The second-order valence-corrected chi connectivity index (χ2v) is 7.30. The van der Waals surface area contributed by atoms with E-state index in [9.17, 15) is 8.42 Å². The molecule has 1 aromatic carbocycles. The normalized spacial score (nSPS) is 18.0. The lowest BCUT2D eigenvalue weighted by atomic mass is 10.3. The number of fused-ring (bicyclic) bond motifs is 3. The molecular weight excluding hydrogens is 300 g/mol. The van der Waals surface area contributed by atoms with E-state index in [-0.39, 0.29) is 5.16 Å². The van der Waals surface area contributed by atoms with Crippen LogP contribution in [0.1, 0.15) is 13.8 Å². The van der Waals surface area contributed by atoms with E-state index in [1.54, 1.807) is 4.31 Å². The third kappa shape index (κ3) is 2.53. The van der Waals surface area contributed by atoms with Gasteiger partial charge >= 0.3 is 0 Å². The minimum atomic E-state index is -3.50. The van der Waals surface area contributed by atoms with Gasteiger partial charge in [0.05, 0.1) is 11.0 Å². The lowest BCUT2D eigenvalue weighted by Gasteiger charge is -2.29. The van der Waals surface area contributed by atoms with Gasteiger partial charge in [0.25, 0.3) is 10.0 Å². The molecule has 1 aliphatic heterocycles. The van der Waals surface area contributed by atoms with Crippen molar-refractivity contribution < 1.29 is 8.42 Å². The fourth-order valence-corrected chi connectivity index (χ4v) is 4.50. The SMILES string of the molecule is CCN(CC)CCN1CCn2c(nc3ccccc32)S1(=O)=O. The number of likely N-dealkylation sites (N-methyl/N-ethyl adjacent to an activating group) is 1. The number of hydrogen-bond donors (Lipinski definition) is 0. The summed E-state index contributed by atoms with van der Waals surface area (Å²) in [6.07, 6.45) is 0. The Hall–Kier alpha value is -1.44. The van der Waals surface area contributed by atoms with Gasteiger partial charge in [0.15, 0.2) is 0 Å². The molecule has 0 aliphatic carbocycles. The smallest absolute Gasteiger partial charge is 0.277 e. The average Bonchev–Trinajstić information content (AvgIpc) is 2.90. The monoisotopic (exact) mass is 322 g/mol. The van der Waals surface area contributed by atoms with Crippen LogP contribution >= 0.6 is 0 Å². The molecule has 1 aliphatic rings. The standard InChI is InChI=1S/C15H22N4O2S/c1-3-17(4-2)9-10-18-11-12-19-14-8-6-5-7-13(14)16-15(19)22(18,20)21/h5-8H,3-4,9-12H2,1-2H3. The predicted molar refractivity (Wildman–Crippen MR) is 86.3 cm³/mol. The molecule has 7 heteroatoms. The van der Waals surface area contributed by atoms with Crippen molar-refractivity contribution in [2.24, 2.45) is 0 Å². The fraction of sp³-hybridized carbons (Fsp3) is 0.533. The number of imidazole rings is 1. The van der Waals surface area contributed by atoms with Crippen molar-refractivity contribution in [3.8, 4) is 0 Å². The summed E-state index contributed by atoms with van der Waals surface area (Å²) in [5, 5.41) is 0.180. The third-order valence-corrected chi connectivity index (χ3v) is 6.14. The van der Waals surface area contributed by atoms with E-state index < -0.39 is 10.0 Å². The number of para-hydroxylation sites is 2. The van der Waals surface area contributed by atoms with Crippen LogP contribution in [-0.4, -0.2) is 59.9 Å². The van der Waals surface area contributed by atoms with Crippen molar-refractivity contribution in [1.29, 1.82) is 0 Å². The molecular formula is C15H22N4O2S. The van der Waals surface area contributed by atoms with Gasteiger partial charge in [-0.1, -0.05) is 26.0 Å². The van der Waals surface area contributed by atoms with Crippen LogP contribution in [0.15, 0.2) is 29.4 Å². The van der Waals surface area contributed by atoms with Crippen molar-refractivity contribution in [3.63, 3.8) is 0 Å². The van der Waals surface area contributed by atoms with Crippen molar-refractivity contribution in [2.45, 2.75) is 25.5 Å². The summed E-state index contributed by atoms with van der Waals surface area (Å²) in [4.78, 5) is 6.57. The highest BCUT2D eigenvalue weighted by atomic mass is 32.2. The molecule has 0 unspecified atom stereocenters. The molecule has 120 valence electrons. The molecule has 0 bridgehead atoms. The van der Waals surface area contributed by atoms with Crippen molar-refractivity contribution in [2.75, 3.05) is 32.7 Å². The summed E-state index contributed by atoms with van der Waals surface area (Å²) in [5.41, 5.74) is 1.64. The quantitative estimate of drug-likeness (QED) is 0.834. The first-order valence-corrected chi connectivity index (χ1v) is 9.19. The van der Waals surface area contributed by atoms with Crippen LogP contribution in [0.2, 0.25) is 0 Å². The summed E-state index contributed by atoms with van der Waals surface area (Å²) < 4.78 is 29.0. The third-order valence-electron chi connectivity index (χ3n) is 4.32. The molecule has 2 heterocycles. The highest BCUT2D eigenvalue weighted by molar-refractivity contribution is 7.89. The zero-order valence-corrected chi connectivity index (χ0v) is 13.9. The topological polar surface area (TPSA) is 58.4 Å². The maximum absolute atomic E-state index is 12.8. The lowest BCUT2D eigenvalue weighted by molar-refractivity contribution is 0.260. The van der Waals surface area contributed by atoms with E-state index in [1.807, 2.05) is 28.8 Å².